The molecule has 0 aliphatic carbocycles. The molecular formula is C13H12N6O2. The third-order valence-electron chi connectivity index (χ3n) is 3.58. The van der Waals surface area contributed by atoms with E-state index in [0.29, 0.717) is 18.9 Å². The SMILES string of the molecule is CC1CN(c2ncc([N+](=O)[O-])cc2C#N)Cc2cn[nH]c21. The molecule has 1 atom stereocenters. The summed E-state index contributed by atoms with van der Waals surface area (Å²) in [6.45, 7) is 3.31. The molecule has 1 aliphatic rings. The predicted octanol–water partition coefficient (Wildman–Crippen LogP) is 1.71. The molecule has 1 N–H and O–H groups in total. The third-order valence-corrected chi connectivity index (χ3v) is 3.58. The van der Waals surface area contributed by atoms with Gasteiger partial charge in [0.05, 0.1) is 11.1 Å². The zero-order valence-electron chi connectivity index (χ0n) is 11.3. The Hall–Kier alpha value is -2.95. The summed E-state index contributed by atoms with van der Waals surface area (Å²) in [6, 6.07) is 3.25. The average Bonchev–Trinajstić information content (AvgIpc) is 2.95. The van der Waals surface area contributed by atoms with Crippen LogP contribution in [0.25, 0.3) is 0 Å². The standard InChI is InChI=1S/C13H12N6O2/c1-8-6-18(7-10-4-16-17-12(8)10)13-9(3-14)2-11(5-15-13)19(20)21/h2,4-5,8H,6-7H2,1H3,(H,16,17). The molecule has 0 saturated heterocycles. The van der Waals surface area contributed by atoms with Gasteiger partial charge in [-0.3, -0.25) is 15.2 Å². The number of hydrogen-bond donors (Lipinski definition) is 1. The minimum atomic E-state index is -0.551. The van der Waals surface area contributed by atoms with E-state index in [9.17, 15) is 15.4 Å². The van der Waals surface area contributed by atoms with E-state index in [-0.39, 0.29) is 17.2 Å². The van der Waals surface area contributed by atoms with Gasteiger partial charge in [0.25, 0.3) is 5.69 Å². The Labute approximate surface area is 120 Å². The highest BCUT2D eigenvalue weighted by Gasteiger charge is 2.27. The van der Waals surface area contributed by atoms with E-state index in [1.165, 1.54) is 12.3 Å². The monoisotopic (exact) mass is 284 g/mol. The fourth-order valence-electron chi connectivity index (χ4n) is 2.61. The van der Waals surface area contributed by atoms with Crippen LogP contribution in [0.15, 0.2) is 18.5 Å². The molecular weight excluding hydrogens is 272 g/mol. The van der Waals surface area contributed by atoms with Crippen molar-refractivity contribution >= 4 is 11.5 Å². The molecule has 0 spiro atoms. The zero-order chi connectivity index (χ0) is 15.0. The molecule has 106 valence electrons. The lowest BCUT2D eigenvalue weighted by Gasteiger charge is -2.31. The number of pyridine rings is 1. The van der Waals surface area contributed by atoms with E-state index < -0.39 is 4.92 Å². The second-order valence-electron chi connectivity index (χ2n) is 5.02. The number of nitrogens with one attached hydrogen (secondary N) is 1. The van der Waals surface area contributed by atoms with Crippen LogP contribution < -0.4 is 4.90 Å². The second-order valence-corrected chi connectivity index (χ2v) is 5.02. The van der Waals surface area contributed by atoms with Crippen molar-refractivity contribution in [3.05, 3.63) is 45.4 Å². The number of nitriles is 1. The molecule has 8 heteroatoms. The van der Waals surface area contributed by atoms with Gasteiger partial charge in [-0.1, -0.05) is 6.92 Å². The van der Waals surface area contributed by atoms with Gasteiger partial charge in [0, 0.05) is 36.3 Å². The second kappa shape index (κ2) is 4.86. The molecule has 0 fully saturated rings. The van der Waals surface area contributed by atoms with E-state index in [4.69, 9.17) is 0 Å². The number of nitrogens with zero attached hydrogens (tertiary/aromatic N) is 5. The summed E-state index contributed by atoms with van der Waals surface area (Å²) in [6.07, 6.45) is 2.95. The lowest BCUT2D eigenvalue weighted by atomic mass is 9.98. The molecule has 2 aromatic rings. The minimum Gasteiger partial charge on any atom is -0.350 e. The summed E-state index contributed by atoms with van der Waals surface area (Å²) in [4.78, 5) is 16.3. The fourth-order valence-corrected chi connectivity index (χ4v) is 2.61. The Morgan fingerprint density at radius 1 is 1.57 bits per heavy atom. The Balaban J connectivity index is 1.99. The Kier molecular flexibility index (Phi) is 3.02. The first-order chi connectivity index (χ1) is 10.1. The topological polar surface area (TPSA) is 112 Å². The highest BCUT2D eigenvalue weighted by atomic mass is 16.6. The maximum atomic E-state index is 10.8. The number of aromatic amines is 1. The molecule has 3 rings (SSSR count). The number of fused-ring (bicyclic) bond motifs is 1. The van der Waals surface area contributed by atoms with Crippen molar-refractivity contribution in [3.8, 4) is 6.07 Å². The maximum Gasteiger partial charge on any atom is 0.289 e. The first kappa shape index (κ1) is 13.1. The summed E-state index contributed by atoms with van der Waals surface area (Å²) in [7, 11) is 0. The number of rotatable bonds is 2. The molecule has 21 heavy (non-hydrogen) atoms. The van der Waals surface area contributed by atoms with Crippen LogP contribution in [0.1, 0.15) is 29.7 Å². The van der Waals surface area contributed by atoms with Gasteiger partial charge in [-0.25, -0.2) is 4.98 Å². The summed E-state index contributed by atoms with van der Waals surface area (Å²) < 4.78 is 0. The van der Waals surface area contributed by atoms with Crippen LogP contribution >= 0.6 is 0 Å². The quantitative estimate of drug-likeness (QED) is 0.663. The first-order valence-electron chi connectivity index (χ1n) is 6.41. The van der Waals surface area contributed by atoms with Crippen molar-refractivity contribution in [2.24, 2.45) is 0 Å². The molecule has 0 saturated carbocycles. The van der Waals surface area contributed by atoms with Gasteiger partial charge in [-0.2, -0.15) is 10.4 Å². The largest absolute Gasteiger partial charge is 0.350 e. The number of H-pyrrole nitrogens is 1. The Morgan fingerprint density at radius 2 is 2.38 bits per heavy atom. The van der Waals surface area contributed by atoms with Crippen molar-refractivity contribution in [1.82, 2.24) is 15.2 Å². The maximum absolute atomic E-state index is 10.8. The molecule has 0 amide bonds. The fraction of sp³-hybridized carbons (Fsp3) is 0.308. The van der Waals surface area contributed by atoms with Crippen LogP contribution in [-0.2, 0) is 6.54 Å². The van der Waals surface area contributed by atoms with E-state index in [1.54, 1.807) is 6.20 Å². The lowest BCUT2D eigenvalue weighted by molar-refractivity contribution is -0.385. The lowest BCUT2D eigenvalue weighted by Crippen LogP contribution is -2.33. The number of nitro groups is 1. The average molecular weight is 284 g/mol. The van der Waals surface area contributed by atoms with Crippen molar-refractivity contribution in [2.75, 3.05) is 11.4 Å². The number of anilines is 1. The van der Waals surface area contributed by atoms with E-state index in [2.05, 4.69) is 22.1 Å². The van der Waals surface area contributed by atoms with Crippen LogP contribution in [-0.4, -0.2) is 26.6 Å². The summed E-state index contributed by atoms with van der Waals surface area (Å²) in [5.74, 6) is 0.696. The van der Waals surface area contributed by atoms with Gasteiger partial charge >= 0.3 is 0 Å². The Bertz CT molecular complexity index is 747. The van der Waals surface area contributed by atoms with Gasteiger partial charge in [-0.15, -0.1) is 0 Å². The third kappa shape index (κ3) is 2.18. The molecule has 2 aromatic heterocycles. The van der Waals surface area contributed by atoms with Crippen molar-refractivity contribution in [1.29, 1.82) is 5.26 Å². The number of hydrogen-bond acceptors (Lipinski definition) is 6. The van der Waals surface area contributed by atoms with E-state index in [0.717, 1.165) is 11.3 Å². The van der Waals surface area contributed by atoms with E-state index >= 15 is 0 Å². The molecule has 1 unspecified atom stereocenters. The highest BCUT2D eigenvalue weighted by molar-refractivity contribution is 5.58. The van der Waals surface area contributed by atoms with Gasteiger partial charge in [0.15, 0.2) is 0 Å². The summed E-state index contributed by atoms with van der Waals surface area (Å²) in [5.41, 5.74) is 2.18. The van der Waals surface area contributed by atoms with Crippen molar-refractivity contribution in [2.45, 2.75) is 19.4 Å². The van der Waals surface area contributed by atoms with Gasteiger partial charge in [0.1, 0.15) is 23.6 Å². The van der Waals surface area contributed by atoms with Crippen LogP contribution in [0.5, 0.6) is 0 Å². The Morgan fingerprint density at radius 3 is 3.10 bits per heavy atom. The van der Waals surface area contributed by atoms with Crippen LogP contribution in [0.2, 0.25) is 0 Å². The summed E-state index contributed by atoms with van der Waals surface area (Å²) >= 11 is 0. The molecule has 8 nitrogen and oxygen atoms in total. The van der Waals surface area contributed by atoms with Crippen LogP contribution in [0, 0.1) is 21.4 Å². The smallest absolute Gasteiger partial charge is 0.289 e. The van der Waals surface area contributed by atoms with Gasteiger partial charge in [0.2, 0.25) is 0 Å². The normalized spacial score (nSPS) is 17.1. The first-order valence-corrected chi connectivity index (χ1v) is 6.41. The highest BCUT2D eigenvalue weighted by Crippen LogP contribution is 2.31. The molecule has 0 radical (unpaired) electrons. The molecule has 1 aliphatic heterocycles. The minimum absolute atomic E-state index is 0.177. The summed E-state index contributed by atoms with van der Waals surface area (Å²) in [5, 5.41) is 27.0. The predicted molar refractivity (Wildman–Crippen MR) is 73.7 cm³/mol. The van der Waals surface area contributed by atoms with E-state index in [1.807, 2.05) is 11.0 Å². The number of aromatic nitrogens is 3. The molecule has 0 bridgehead atoms. The van der Waals surface area contributed by atoms with Crippen LogP contribution in [0.3, 0.4) is 0 Å². The van der Waals surface area contributed by atoms with Gasteiger partial charge in [-0.05, 0) is 0 Å². The van der Waals surface area contributed by atoms with Crippen molar-refractivity contribution < 1.29 is 4.92 Å². The zero-order valence-corrected chi connectivity index (χ0v) is 11.3. The molecule has 0 aromatic carbocycles. The van der Waals surface area contributed by atoms with Gasteiger partial charge < -0.3 is 4.90 Å². The van der Waals surface area contributed by atoms with Crippen molar-refractivity contribution in [3.63, 3.8) is 0 Å². The van der Waals surface area contributed by atoms with Crippen LogP contribution in [0.4, 0.5) is 11.5 Å². The molecule has 3 heterocycles.